The number of methoxy groups -OCH3 is 2. The molecular weight excluding hydrogens is 310 g/mol. The van der Waals surface area contributed by atoms with E-state index in [0.717, 1.165) is 19.6 Å². The summed E-state index contributed by atoms with van der Waals surface area (Å²) in [7, 11) is 2.98. The average Bonchev–Trinajstić information content (AvgIpc) is 2.65. The first-order valence-corrected chi connectivity index (χ1v) is 8.10. The number of nitrogens with zero attached hydrogens (tertiary/aromatic N) is 2. The fraction of sp³-hybridized carbons (Fsp3) is 0.529. The van der Waals surface area contributed by atoms with Gasteiger partial charge in [0.15, 0.2) is 0 Å². The van der Waals surface area contributed by atoms with E-state index in [4.69, 9.17) is 9.47 Å². The molecule has 1 aromatic carbocycles. The number of hydrogen-bond donors (Lipinski definition) is 1. The van der Waals surface area contributed by atoms with Crippen molar-refractivity contribution < 1.29 is 19.1 Å². The predicted octanol–water partition coefficient (Wildman–Crippen LogP) is 0.598. The highest BCUT2D eigenvalue weighted by molar-refractivity contribution is 6.01. The van der Waals surface area contributed by atoms with Crippen molar-refractivity contribution in [2.24, 2.45) is 0 Å². The van der Waals surface area contributed by atoms with Crippen molar-refractivity contribution in [3.63, 3.8) is 0 Å². The van der Waals surface area contributed by atoms with Gasteiger partial charge in [0.25, 0.3) is 5.91 Å². The normalized spacial score (nSPS) is 15.0. The number of benzene rings is 1. The van der Waals surface area contributed by atoms with Crippen molar-refractivity contribution >= 4 is 11.8 Å². The number of nitrogens with one attached hydrogen (secondary N) is 1. The van der Waals surface area contributed by atoms with Crippen LogP contribution in [0.1, 0.15) is 17.3 Å². The zero-order valence-corrected chi connectivity index (χ0v) is 14.5. The third kappa shape index (κ3) is 4.17. The molecule has 1 saturated heterocycles. The molecule has 2 rings (SSSR count). The molecule has 0 radical (unpaired) electrons. The standard InChI is InChI=1S/C17H25N3O4/c1-4-19-8-10-20(11-9-19)15(21)12-18-17(22)16-13(23-2)6-5-7-14(16)24-3/h5-7H,4,8-12H2,1-3H3,(H,18,22). The minimum atomic E-state index is -0.384. The topological polar surface area (TPSA) is 71.1 Å². The molecule has 1 aliphatic rings. The van der Waals surface area contributed by atoms with E-state index in [9.17, 15) is 9.59 Å². The molecule has 0 aromatic heterocycles. The van der Waals surface area contributed by atoms with Crippen LogP contribution < -0.4 is 14.8 Å². The van der Waals surface area contributed by atoms with Gasteiger partial charge in [0.05, 0.1) is 20.8 Å². The Kier molecular flexibility index (Phi) is 6.43. The average molecular weight is 335 g/mol. The van der Waals surface area contributed by atoms with Crippen LogP contribution in [-0.4, -0.2) is 75.1 Å². The van der Waals surface area contributed by atoms with Gasteiger partial charge in [0.2, 0.25) is 5.91 Å². The van der Waals surface area contributed by atoms with Crippen molar-refractivity contribution in [1.29, 1.82) is 0 Å². The summed E-state index contributed by atoms with van der Waals surface area (Å²) < 4.78 is 10.4. The Balaban J connectivity index is 1.95. The fourth-order valence-electron chi connectivity index (χ4n) is 2.74. The summed E-state index contributed by atoms with van der Waals surface area (Å²) in [6, 6.07) is 5.11. The van der Waals surface area contributed by atoms with Crippen LogP contribution in [0.3, 0.4) is 0 Å². The van der Waals surface area contributed by atoms with Crippen LogP contribution in [0.4, 0.5) is 0 Å². The van der Waals surface area contributed by atoms with Gasteiger partial charge in [-0.1, -0.05) is 13.0 Å². The lowest BCUT2D eigenvalue weighted by Crippen LogP contribution is -2.51. The maximum atomic E-state index is 12.4. The fourth-order valence-corrected chi connectivity index (χ4v) is 2.74. The largest absolute Gasteiger partial charge is 0.496 e. The van der Waals surface area contributed by atoms with Gasteiger partial charge in [-0.05, 0) is 18.7 Å². The maximum absolute atomic E-state index is 12.4. The third-order valence-corrected chi connectivity index (χ3v) is 4.23. The quantitative estimate of drug-likeness (QED) is 0.824. The van der Waals surface area contributed by atoms with Crippen LogP contribution in [0.15, 0.2) is 18.2 Å². The molecule has 0 unspecified atom stereocenters. The number of ether oxygens (including phenoxy) is 2. The Hall–Kier alpha value is -2.28. The van der Waals surface area contributed by atoms with E-state index in [0.29, 0.717) is 30.2 Å². The molecule has 1 aliphatic heterocycles. The van der Waals surface area contributed by atoms with Gasteiger partial charge in [-0.15, -0.1) is 0 Å². The van der Waals surface area contributed by atoms with E-state index in [1.165, 1.54) is 14.2 Å². The molecule has 2 amide bonds. The highest BCUT2D eigenvalue weighted by Crippen LogP contribution is 2.27. The first-order valence-electron chi connectivity index (χ1n) is 8.10. The van der Waals surface area contributed by atoms with Crippen LogP contribution in [0.5, 0.6) is 11.5 Å². The Morgan fingerprint density at radius 1 is 1.08 bits per heavy atom. The zero-order chi connectivity index (χ0) is 17.5. The number of carbonyl (C=O) groups is 2. The van der Waals surface area contributed by atoms with E-state index in [1.54, 1.807) is 23.1 Å². The maximum Gasteiger partial charge on any atom is 0.259 e. The van der Waals surface area contributed by atoms with Crippen molar-refractivity contribution in [2.45, 2.75) is 6.92 Å². The SMILES string of the molecule is CCN1CCN(C(=O)CNC(=O)c2c(OC)cccc2OC)CC1. The molecule has 0 atom stereocenters. The van der Waals surface area contributed by atoms with Gasteiger partial charge in [0.1, 0.15) is 17.1 Å². The molecule has 0 spiro atoms. The van der Waals surface area contributed by atoms with Gasteiger partial charge in [-0.2, -0.15) is 0 Å². The Morgan fingerprint density at radius 2 is 1.67 bits per heavy atom. The number of likely N-dealkylation sites (N-methyl/N-ethyl adjacent to an activating group) is 1. The third-order valence-electron chi connectivity index (χ3n) is 4.23. The molecule has 1 N–H and O–H groups in total. The molecule has 7 nitrogen and oxygen atoms in total. The van der Waals surface area contributed by atoms with E-state index in [2.05, 4.69) is 17.1 Å². The van der Waals surface area contributed by atoms with E-state index in [1.807, 2.05) is 0 Å². The molecule has 1 fully saturated rings. The Bertz CT molecular complexity index is 561. The molecule has 24 heavy (non-hydrogen) atoms. The summed E-state index contributed by atoms with van der Waals surface area (Å²) in [6.07, 6.45) is 0. The molecule has 1 heterocycles. The Labute approximate surface area is 142 Å². The lowest BCUT2D eigenvalue weighted by Gasteiger charge is -2.34. The zero-order valence-electron chi connectivity index (χ0n) is 14.5. The monoisotopic (exact) mass is 335 g/mol. The summed E-state index contributed by atoms with van der Waals surface area (Å²) >= 11 is 0. The number of hydrogen-bond acceptors (Lipinski definition) is 5. The molecule has 1 aromatic rings. The van der Waals surface area contributed by atoms with E-state index >= 15 is 0 Å². The molecule has 7 heteroatoms. The lowest BCUT2D eigenvalue weighted by atomic mass is 10.1. The van der Waals surface area contributed by atoms with Crippen LogP contribution in [0, 0.1) is 0 Å². The molecular formula is C17H25N3O4. The molecule has 0 saturated carbocycles. The summed E-state index contributed by atoms with van der Waals surface area (Å²) in [5.41, 5.74) is 0.297. The smallest absolute Gasteiger partial charge is 0.259 e. The van der Waals surface area contributed by atoms with Crippen LogP contribution in [0.2, 0.25) is 0 Å². The van der Waals surface area contributed by atoms with Crippen LogP contribution in [-0.2, 0) is 4.79 Å². The van der Waals surface area contributed by atoms with Gasteiger partial charge >= 0.3 is 0 Å². The first kappa shape index (κ1) is 18.1. The molecule has 132 valence electrons. The second kappa shape index (κ2) is 8.54. The predicted molar refractivity (Wildman–Crippen MR) is 90.6 cm³/mol. The van der Waals surface area contributed by atoms with Crippen molar-refractivity contribution in [3.8, 4) is 11.5 Å². The molecule has 0 aliphatic carbocycles. The summed E-state index contributed by atoms with van der Waals surface area (Å²) in [5, 5.41) is 2.67. The van der Waals surface area contributed by atoms with Crippen molar-refractivity contribution in [1.82, 2.24) is 15.1 Å². The van der Waals surface area contributed by atoms with Crippen LogP contribution >= 0.6 is 0 Å². The van der Waals surface area contributed by atoms with Gasteiger partial charge in [-0.3, -0.25) is 9.59 Å². The summed E-state index contributed by atoms with van der Waals surface area (Å²) in [5.74, 6) is 0.365. The number of carbonyl (C=O) groups excluding carboxylic acids is 2. The highest BCUT2D eigenvalue weighted by Gasteiger charge is 2.22. The van der Waals surface area contributed by atoms with E-state index < -0.39 is 0 Å². The second-order valence-electron chi connectivity index (χ2n) is 5.54. The number of piperazine rings is 1. The molecule has 0 bridgehead atoms. The van der Waals surface area contributed by atoms with Gasteiger partial charge in [0, 0.05) is 26.2 Å². The first-order chi connectivity index (χ1) is 11.6. The minimum Gasteiger partial charge on any atom is -0.496 e. The van der Waals surface area contributed by atoms with Crippen molar-refractivity contribution in [2.75, 3.05) is 53.5 Å². The second-order valence-corrected chi connectivity index (χ2v) is 5.54. The van der Waals surface area contributed by atoms with Gasteiger partial charge < -0.3 is 24.6 Å². The lowest BCUT2D eigenvalue weighted by molar-refractivity contribution is -0.131. The number of amides is 2. The number of rotatable bonds is 6. The summed E-state index contributed by atoms with van der Waals surface area (Å²) in [6.45, 7) is 6.20. The Morgan fingerprint density at radius 3 is 2.17 bits per heavy atom. The highest BCUT2D eigenvalue weighted by atomic mass is 16.5. The van der Waals surface area contributed by atoms with E-state index in [-0.39, 0.29) is 18.4 Å². The van der Waals surface area contributed by atoms with Crippen LogP contribution in [0.25, 0.3) is 0 Å². The van der Waals surface area contributed by atoms with Crippen molar-refractivity contribution in [3.05, 3.63) is 23.8 Å². The minimum absolute atomic E-state index is 0.0356. The summed E-state index contributed by atoms with van der Waals surface area (Å²) in [4.78, 5) is 28.8. The van der Waals surface area contributed by atoms with Gasteiger partial charge in [-0.25, -0.2) is 0 Å².